The van der Waals surface area contributed by atoms with Gasteiger partial charge in [0.05, 0.1) is 23.1 Å². The van der Waals surface area contributed by atoms with E-state index in [0.717, 1.165) is 4.90 Å². The first-order valence-electron chi connectivity index (χ1n) is 10.5. The second-order valence-electron chi connectivity index (χ2n) is 7.42. The van der Waals surface area contributed by atoms with Gasteiger partial charge in [-0.1, -0.05) is 30.3 Å². The number of Topliss-reactive ketones (excluding diaryl/α,β-unsaturated/α-hetero) is 1. The predicted molar refractivity (Wildman–Crippen MR) is 120 cm³/mol. The first kappa shape index (κ1) is 22.6. The highest BCUT2D eigenvalue weighted by Gasteiger charge is 2.35. The number of ketones is 1. The number of nitrogens with zero attached hydrogens (tertiary/aromatic N) is 1. The van der Waals surface area contributed by atoms with Crippen molar-refractivity contribution < 1.29 is 33.4 Å². The lowest BCUT2D eigenvalue weighted by Crippen LogP contribution is -2.32. The number of hydrogen-bond acceptors (Lipinski definition) is 7. The van der Waals surface area contributed by atoms with Gasteiger partial charge >= 0.3 is 11.9 Å². The van der Waals surface area contributed by atoms with Crippen LogP contribution in [0, 0.1) is 0 Å². The second-order valence-corrected chi connectivity index (χ2v) is 7.42. The summed E-state index contributed by atoms with van der Waals surface area (Å²) in [5, 5.41) is 0. The first-order valence-corrected chi connectivity index (χ1v) is 10.5. The van der Waals surface area contributed by atoms with Crippen LogP contribution in [0.5, 0.6) is 5.75 Å². The second kappa shape index (κ2) is 9.91. The Morgan fingerprint density at radius 1 is 0.706 bits per heavy atom. The Bertz CT molecular complexity index is 1230. The quantitative estimate of drug-likeness (QED) is 0.221. The molecule has 170 valence electrons. The lowest BCUT2D eigenvalue weighted by atomic mass is 10.1. The Labute approximate surface area is 194 Å². The summed E-state index contributed by atoms with van der Waals surface area (Å²) in [5.74, 6) is -2.33. The predicted octanol–water partition coefficient (Wildman–Crippen LogP) is 3.32. The molecule has 0 fully saturated rings. The van der Waals surface area contributed by atoms with Gasteiger partial charge in [0.25, 0.3) is 11.8 Å². The summed E-state index contributed by atoms with van der Waals surface area (Å²) in [5.41, 5.74) is 1.27. The van der Waals surface area contributed by atoms with E-state index in [9.17, 15) is 24.0 Å². The van der Waals surface area contributed by atoms with Gasteiger partial charge < -0.3 is 9.47 Å². The van der Waals surface area contributed by atoms with Crippen molar-refractivity contribution in [2.75, 3.05) is 13.2 Å². The third-order valence-electron chi connectivity index (χ3n) is 5.18. The standard InChI is InChI=1S/C26H19NO7/c28-22(17-10-12-19(13-11-17)34-26(32)18-6-2-1-3-7-18)16-33-23(29)14-15-27-24(30)20-8-4-5-9-21(20)25(27)31/h1-13H,14-16H2. The summed E-state index contributed by atoms with van der Waals surface area (Å²) < 4.78 is 10.3. The van der Waals surface area contributed by atoms with Crippen molar-refractivity contribution in [3.63, 3.8) is 0 Å². The van der Waals surface area contributed by atoms with Crippen LogP contribution in [0.25, 0.3) is 0 Å². The topological polar surface area (TPSA) is 107 Å². The van der Waals surface area contributed by atoms with Crippen LogP contribution >= 0.6 is 0 Å². The molecule has 0 saturated heterocycles. The Balaban J connectivity index is 1.24. The summed E-state index contributed by atoms with van der Waals surface area (Å²) in [4.78, 5) is 62.1. The zero-order valence-electron chi connectivity index (χ0n) is 17.9. The van der Waals surface area contributed by atoms with Gasteiger partial charge in [0.1, 0.15) is 5.75 Å². The van der Waals surface area contributed by atoms with Gasteiger partial charge in [-0.15, -0.1) is 0 Å². The van der Waals surface area contributed by atoms with Crippen LogP contribution in [0.15, 0.2) is 78.9 Å². The number of carbonyl (C=O) groups is 5. The molecule has 0 aromatic heterocycles. The van der Waals surface area contributed by atoms with Crippen molar-refractivity contribution in [2.24, 2.45) is 0 Å². The molecule has 0 atom stereocenters. The Morgan fingerprint density at radius 2 is 1.29 bits per heavy atom. The average Bonchev–Trinajstić information content (AvgIpc) is 3.11. The Kier molecular flexibility index (Phi) is 6.59. The molecule has 3 aromatic carbocycles. The molecule has 4 rings (SSSR count). The molecular formula is C26H19NO7. The van der Waals surface area contributed by atoms with Gasteiger partial charge in [0.2, 0.25) is 0 Å². The molecule has 0 bridgehead atoms. The number of rotatable bonds is 8. The molecule has 0 unspecified atom stereocenters. The van der Waals surface area contributed by atoms with Crippen molar-refractivity contribution in [2.45, 2.75) is 6.42 Å². The lowest BCUT2D eigenvalue weighted by Gasteiger charge is -2.13. The first-order chi connectivity index (χ1) is 16.4. The van der Waals surface area contributed by atoms with Gasteiger partial charge in [-0.05, 0) is 48.5 Å². The number of amides is 2. The van der Waals surface area contributed by atoms with Crippen molar-refractivity contribution >= 4 is 29.5 Å². The number of benzene rings is 3. The molecule has 0 saturated carbocycles. The monoisotopic (exact) mass is 457 g/mol. The van der Waals surface area contributed by atoms with Crippen molar-refractivity contribution in [1.29, 1.82) is 0 Å². The molecule has 0 radical (unpaired) electrons. The molecule has 3 aromatic rings. The van der Waals surface area contributed by atoms with Crippen LogP contribution < -0.4 is 4.74 Å². The van der Waals surface area contributed by atoms with Gasteiger partial charge in [-0.3, -0.25) is 24.1 Å². The van der Waals surface area contributed by atoms with Crippen molar-refractivity contribution in [1.82, 2.24) is 4.90 Å². The molecule has 8 heteroatoms. The van der Waals surface area contributed by atoms with E-state index in [0.29, 0.717) is 16.7 Å². The van der Waals surface area contributed by atoms with E-state index in [1.807, 2.05) is 0 Å². The molecule has 0 spiro atoms. The average molecular weight is 457 g/mol. The fraction of sp³-hybridized carbons (Fsp3) is 0.115. The summed E-state index contributed by atoms with van der Waals surface area (Å²) in [6.07, 6.45) is -0.229. The van der Waals surface area contributed by atoms with E-state index in [1.165, 1.54) is 24.3 Å². The number of esters is 2. The van der Waals surface area contributed by atoms with E-state index >= 15 is 0 Å². The van der Waals surface area contributed by atoms with Crippen molar-refractivity contribution in [3.8, 4) is 5.75 Å². The van der Waals surface area contributed by atoms with E-state index < -0.39 is 36.1 Å². The zero-order chi connectivity index (χ0) is 24.1. The minimum absolute atomic E-state index is 0.138. The van der Waals surface area contributed by atoms with E-state index in [1.54, 1.807) is 54.6 Å². The SMILES string of the molecule is O=C(CCN1C(=O)c2ccccc2C1=O)OCC(=O)c1ccc(OC(=O)c2ccccc2)cc1. The van der Waals surface area contributed by atoms with Crippen LogP contribution in [0.3, 0.4) is 0 Å². The molecule has 34 heavy (non-hydrogen) atoms. The summed E-state index contributed by atoms with van der Waals surface area (Å²) in [6, 6.07) is 20.8. The summed E-state index contributed by atoms with van der Waals surface area (Å²) >= 11 is 0. The van der Waals surface area contributed by atoms with Crippen LogP contribution in [-0.4, -0.2) is 47.6 Å². The smallest absolute Gasteiger partial charge is 0.343 e. The Hall–Kier alpha value is -4.59. The summed E-state index contributed by atoms with van der Waals surface area (Å²) in [7, 11) is 0. The fourth-order valence-corrected chi connectivity index (χ4v) is 3.40. The van der Waals surface area contributed by atoms with Gasteiger partial charge in [0, 0.05) is 12.1 Å². The van der Waals surface area contributed by atoms with Crippen LogP contribution in [0.4, 0.5) is 0 Å². The largest absolute Gasteiger partial charge is 0.457 e. The van der Waals surface area contributed by atoms with E-state index in [4.69, 9.17) is 9.47 Å². The highest BCUT2D eigenvalue weighted by molar-refractivity contribution is 6.21. The number of fused-ring (bicyclic) bond motifs is 1. The maximum Gasteiger partial charge on any atom is 0.343 e. The molecule has 2 amide bonds. The van der Waals surface area contributed by atoms with Gasteiger partial charge in [-0.2, -0.15) is 0 Å². The van der Waals surface area contributed by atoms with E-state index in [2.05, 4.69) is 0 Å². The number of carbonyl (C=O) groups excluding carboxylic acids is 5. The molecular weight excluding hydrogens is 438 g/mol. The number of imide groups is 1. The van der Waals surface area contributed by atoms with Crippen molar-refractivity contribution in [3.05, 3.63) is 101 Å². The molecule has 8 nitrogen and oxygen atoms in total. The van der Waals surface area contributed by atoms with E-state index in [-0.39, 0.29) is 24.3 Å². The molecule has 1 heterocycles. The van der Waals surface area contributed by atoms with Crippen LogP contribution in [0.2, 0.25) is 0 Å². The zero-order valence-corrected chi connectivity index (χ0v) is 17.9. The third kappa shape index (κ3) is 4.91. The minimum atomic E-state index is -0.710. The lowest BCUT2D eigenvalue weighted by molar-refractivity contribution is -0.142. The maximum atomic E-state index is 12.3. The fourth-order valence-electron chi connectivity index (χ4n) is 3.40. The van der Waals surface area contributed by atoms with Crippen LogP contribution in [-0.2, 0) is 9.53 Å². The van der Waals surface area contributed by atoms with Gasteiger partial charge in [0.15, 0.2) is 12.4 Å². The number of ether oxygens (including phenoxy) is 2. The maximum absolute atomic E-state index is 12.3. The number of hydrogen-bond donors (Lipinski definition) is 0. The summed E-state index contributed by atoms with van der Waals surface area (Å²) in [6.45, 7) is -0.634. The highest BCUT2D eigenvalue weighted by Crippen LogP contribution is 2.22. The molecule has 0 N–H and O–H groups in total. The normalized spacial score (nSPS) is 12.3. The van der Waals surface area contributed by atoms with Crippen LogP contribution in [0.1, 0.15) is 47.9 Å². The Morgan fingerprint density at radius 3 is 1.91 bits per heavy atom. The minimum Gasteiger partial charge on any atom is -0.457 e. The molecule has 1 aliphatic heterocycles. The highest BCUT2D eigenvalue weighted by atomic mass is 16.5. The third-order valence-corrected chi connectivity index (χ3v) is 5.18. The van der Waals surface area contributed by atoms with Gasteiger partial charge in [-0.25, -0.2) is 4.79 Å². The molecule has 1 aliphatic rings. The molecule has 0 aliphatic carbocycles.